The second kappa shape index (κ2) is 9.32. The number of carbonyl (C=O) groups is 2. The van der Waals surface area contributed by atoms with Crippen LogP contribution in [0.3, 0.4) is 0 Å². The van der Waals surface area contributed by atoms with Gasteiger partial charge in [-0.3, -0.25) is 9.59 Å². The Morgan fingerprint density at radius 2 is 1.80 bits per heavy atom. The highest BCUT2D eigenvalue weighted by Gasteiger charge is 2.18. The number of halogens is 1. The molecule has 0 unspecified atom stereocenters. The van der Waals surface area contributed by atoms with E-state index in [1.807, 2.05) is 49.3 Å². The predicted molar refractivity (Wildman–Crippen MR) is 114 cm³/mol. The van der Waals surface area contributed by atoms with Crippen molar-refractivity contribution in [1.29, 1.82) is 0 Å². The van der Waals surface area contributed by atoms with Crippen LogP contribution in [0.5, 0.6) is 0 Å². The minimum absolute atomic E-state index is 0.166. The molecule has 2 amide bonds. The van der Waals surface area contributed by atoms with Crippen LogP contribution in [0.4, 0.5) is 10.1 Å². The number of rotatable bonds is 7. The Kier molecular flexibility index (Phi) is 6.58. The molecule has 1 aromatic heterocycles. The highest BCUT2D eigenvalue weighted by Crippen LogP contribution is 2.22. The molecule has 0 saturated carbocycles. The van der Waals surface area contributed by atoms with Crippen LogP contribution < -0.4 is 5.32 Å². The molecule has 1 heterocycles. The molecular weight excluding hydrogens is 385 g/mol. The molecule has 0 spiro atoms. The number of nitrogens with zero attached hydrogens (tertiary/aromatic N) is 3. The highest BCUT2D eigenvalue weighted by atomic mass is 19.1. The van der Waals surface area contributed by atoms with E-state index in [2.05, 4.69) is 15.3 Å². The summed E-state index contributed by atoms with van der Waals surface area (Å²) >= 11 is 0. The number of amides is 2. The van der Waals surface area contributed by atoms with Gasteiger partial charge in [0, 0.05) is 37.0 Å². The average molecular weight is 409 g/mol. The zero-order valence-electron chi connectivity index (χ0n) is 17.1. The number of benzene rings is 2. The molecule has 30 heavy (non-hydrogen) atoms. The highest BCUT2D eigenvalue weighted by molar-refractivity contribution is 6.07. The van der Waals surface area contributed by atoms with E-state index in [0.717, 1.165) is 11.6 Å². The Bertz CT molecular complexity index is 1030. The first-order valence-electron chi connectivity index (χ1n) is 9.46. The summed E-state index contributed by atoms with van der Waals surface area (Å²) < 4.78 is 14.2. The summed E-state index contributed by atoms with van der Waals surface area (Å²) in [5.41, 5.74) is 1.88. The standard InChI is InChI=1S/C22H24FN5O2/c1-27(2)9-10-28(3)22(30)16-11-17(23)13-18(12-16)26-21(29)20-19(24-14-25-20)15-7-5-4-6-8-15/h4-8,11-14H,9-10H2,1-3H3,(H,24,25)(H,26,29). The van der Waals surface area contributed by atoms with E-state index in [1.165, 1.54) is 23.4 Å². The van der Waals surface area contributed by atoms with E-state index in [-0.39, 0.29) is 22.9 Å². The van der Waals surface area contributed by atoms with Crippen LogP contribution in [0.2, 0.25) is 0 Å². The summed E-state index contributed by atoms with van der Waals surface area (Å²) in [7, 11) is 5.48. The van der Waals surface area contributed by atoms with Crippen LogP contribution >= 0.6 is 0 Å². The average Bonchev–Trinajstić information content (AvgIpc) is 3.21. The molecule has 8 heteroatoms. The SMILES string of the molecule is CN(C)CCN(C)C(=O)c1cc(F)cc(NC(=O)c2[nH]cnc2-c2ccccc2)c1. The minimum atomic E-state index is -0.606. The van der Waals surface area contributed by atoms with Crippen molar-refractivity contribution in [2.75, 3.05) is 39.5 Å². The predicted octanol–water partition coefficient (Wildman–Crippen LogP) is 3.10. The fourth-order valence-corrected chi connectivity index (χ4v) is 2.93. The molecule has 0 bridgehead atoms. The lowest BCUT2D eigenvalue weighted by atomic mass is 10.1. The monoisotopic (exact) mass is 409 g/mol. The second-order valence-corrected chi connectivity index (χ2v) is 7.20. The fraction of sp³-hybridized carbons (Fsp3) is 0.227. The van der Waals surface area contributed by atoms with Crippen molar-refractivity contribution in [3.63, 3.8) is 0 Å². The van der Waals surface area contributed by atoms with Gasteiger partial charge in [0.25, 0.3) is 11.8 Å². The Labute approximate surface area is 174 Å². The molecule has 3 rings (SSSR count). The zero-order chi connectivity index (χ0) is 21.7. The summed E-state index contributed by atoms with van der Waals surface area (Å²) in [6, 6.07) is 13.1. The third kappa shape index (κ3) is 5.09. The summed E-state index contributed by atoms with van der Waals surface area (Å²) in [5.74, 6) is -1.40. The third-order valence-corrected chi connectivity index (χ3v) is 4.55. The van der Waals surface area contributed by atoms with Gasteiger partial charge in [-0.25, -0.2) is 9.37 Å². The second-order valence-electron chi connectivity index (χ2n) is 7.20. The fourth-order valence-electron chi connectivity index (χ4n) is 2.93. The summed E-state index contributed by atoms with van der Waals surface area (Å²) in [5, 5.41) is 2.65. The van der Waals surface area contributed by atoms with Crippen LogP contribution in [0.25, 0.3) is 11.3 Å². The van der Waals surface area contributed by atoms with E-state index in [9.17, 15) is 14.0 Å². The maximum absolute atomic E-state index is 14.2. The number of hydrogen-bond acceptors (Lipinski definition) is 4. The number of aromatic amines is 1. The van der Waals surface area contributed by atoms with Crippen molar-refractivity contribution in [3.05, 3.63) is 71.9 Å². The van der Waals surface area contributed by atoms with E-state index in [0.29, 0.717) is 18.8 Å². The van der Waals surface area contributed by atoms with E-state index in [1.54, 1.807) is 7.05 Å². The molecule has 3 aromatic rings. The Hall–Kier alpha value is -3.52. The summed E-state index contributed by atoms with van der Waals surface area (Å²) in [4.78, 5) is 35.9. The van der Waals surface area contributed by atoms with Crippen molar-refractivity contribution in [2.24, 2.45) is 0 Å². The Balaban J connectivity index is 1.79. The molecule has 0 aliphatic carbocycles. The van der Waals surface area contributed by atoms with Gasteiger partial charge in [-0.05, 0) is 32.3 Å². The lowest BCUT2D eigenvalue weighted by Gasteiger charge is -2.20. The number of hydrogen-bond donors (Lipinski definition) is 2. The smallest absolute Gasteiger partial charge is 0.274 e. The summed E-state index contributed by atoms with van der Waals surface area (Å²) in [6.07, 6.45) is 1.43. The van der Waals surface area contributed by atoms with Gasteiger partial charge < -0.3 is 20.1 Å². The normalized spacial score (nSPS) is 10.8. The van der Waals surface area contributed by atoms with Gasteiger partial charge in [-0.1, -0.05) is 30.3 Å². The molecule has 2 N–H and O–H groups in total. The largest absolute Gasteiger partial charge is 0.340 e. The summed E-state index contributed by atoms with van der Waals surface area (Å²) in [6.45, 7) is 1.18. The number of imidazole rings is 1. The van der Waals surface area contributed by atoms with Gasteiger partial charge in [-0.15, -0.1) is 0 Å². The zero-order valence-corrected chi connectivity index (χ0v) is 17.1. The topological polar surface area (TPSA) is 81.3 Å². The van der Waals surface area contributed by atoms with Crippen LogP contribution in [0.1, 0.15) is 20.8 Å². The van der Waals surface area contributed by atoms with Gasteiger partial charge in [0.1, 0.15) is 17.2 Å². The van der Waals surface area contributed by atoms with Gasteiger partial charge in [0.15, 0.2) is 0 Å². The number of likely N-dealkylation sites (N-methyl/N-ethyl adjacent to an activating group) is 2. The van der Waals surface area contributed by atoms with Crippen molar-refractivity contribution in [1.82, 2.24) is 19.8 Å². The van der Waals surface area contributed by atoms with Gasteiger partial charge in [0.2, 0.25) is 0 Å². The molecule has 0 atom stereocenters. The van der Waals surface area contributed by atoms with E-state index >= 15 is 0 Å². The van der Waals surface area contributed by atoms with Gasteiger partial charge in [-0.2, -0.15) is 0 Å². The number of carbonyl (C=O) groups excluding carboxylic acids is 2. The molecule has 0 fully saturated rings. The first kappa shape index (κ1) is 21.2. The quantitative estimate of drug-likeness (QED) is 0.628. The third-order valence-electron chi connectivity index (χ3n) is 4.55. The van der Waals surface area contributed by atoms with Crippen LogP contribution in [-0.2, 0) is 0 Å². The van der Waals surface area contributed by atoms with Crippen LogP contribution in [0, 0.1) is 5.82 Å². The number of nitrogens with one attached hydrogen (secondary N) is 2. The molecule has 7 nitrogen and oxygen atoms in total. The van der Waals surface area contributed by atoms with Crippen LogP contribution in [0.15, 0.2) is 54.9 Å². The maximum Gasteiger partial charge on any atom is 0.274 e. The first-order chi connectivity index (χ1) is 14.3. The lowest BCUT2D eigenvalue weighted by Crippen LogP contribution is -2.33. The van der Waals surface area contributed by atoms with Crippen molar-refractivity contribution in [3.8, 4) is 11.3 Å². The molecule has 0 saturated heterocycles. The number of H-pyrrole nitrogens is 1. The Morgan fingerprint density at radius 1 is 1.07 bits per heavy atom. The Morgan fingerprint density at radius 3 is 2.50 bits per heavy atom. The van der Waals surface area contributed by atoms with E-state index < -0.39 is 11.7 Å². The molecular formula is C22H24FN5O2. The van der Waals surface area contributed by atoms with Crippen molar-refractivity contribution in [2.45, 2.75) is 0 Å². The van der Waals surface area contributed by atoms with Crippen molar-refractivity contribution >= 4 is 17.5 Å². The van der Waals surface area contributed by atoms with Crippen LogP contribution in [-0.4, -0.2) is 65.8 Å². The molecule has 0 aliphatic rings. The number of anilines is 1. The first-order valence-corrected chi connectivity index (χ1v) is 9.46. The van der Waals surface area contributed by atoms with E-state index in [4.69, 9.17) is 0 Å². The molecule has 156 valence electrons. The van der Waals surface area contributed by atoms with Gasteiger partial charge >= 0.3 is 0 Å². The molecule has 0 radical (unpaired) electrons. The minimum Gasteiger partial charge on any atom is -0.340 e. The molecule has 0 aliphatic heterocycles. The number of aromatic nitrogens is 2. The lowest BCUT2D eigenvalue weighted by molar-refractivity contribution is 0.0785. The van der Waals surface area contributed by atoms with Crippen molar-refractivity contribution < 1.29 is 14.0 Å². The maximum atomic E-state index is 14.2. The molecule has 2 aromatic carbocycles. The van der Waals surface area contributed by atoms with Gasteiger partial charge in [0.05, 0.1) is 6.33 Å².